The molecule has 8 nitrogen and oxygen atoms in total. The summed E-state index contributed by atoms with van der Waals surface area (Å²) in [5, 5.41) is 4.73. The zero-order chi connectivity index (χ0) is 21.8. The molecule has 2 N–H and O–H groups in total. The van der Waals surface area contributed by atoms with E-state index in [-0.39, 0.29) is 11.7 Å². The number of carbonyl (C=O) groups is 3. The number of ether oxygens (including phenoxy) is 3. The van der Waals surface area contributed by atoms with Gasteiger partial charge in [-0.1, -0.05) is 17.7 Å². The summed E-state index contributed by atoms with van der Waals surface area (Å²) in [6.45, 7) is 5.12. The van der Waals surface area contributed by atoms with Crippen molar-refractivity contribution in [2.45, 2.75) is 33.3 Å². The molecule has 0 aromatic heterocycles. The Morgan fingerprint density at radius 3 is 2.63 bits per heavy atom. The lowest BCUT2D eigenvalue weighted by Gasteiger charge is -2.11. The third-order valence-electron chi connectivity index (χ3n) is 4.63. The van der Waals surface area contributed by atoms with Gasteiger partial charge in [0.15, 0.2) is 18.1 Å². The van der Waals surface area contributed by atoms with Crippen LogP contribution in [0.2, 0.25) is 0 Å². The molecule has 3 rings (SSSR count). The van der Waals surface area contributed by atoms with Crippen LogP contribution >= 0.6 is 0 Å². The molecule has 0 saturated heterocycles. The number of urea groups is 1. The standard InChI is InChI=1S/C22H24N2O6/c1-12-5-6-17(13(2)7-12)23-22(27)24-19(25)11-29-21(26)16-9-15-8-14(3)30-20(15)18(10-16)28-4/h5-7,9-10,14H,8,11H2,1-4H3,(H2,23,24,25,27)/t14-/m0/s1. The van der Waals surface area contributed by atoms with Crippen LogP contribution in [0.15, 0.2) is 30.3 Å². The number of imide groups is 1. The number of rotatable bonds is 5. The highest BCUT2D eigenvalue weighted by molar-refractivity contribution is 6.02. The van der Waals surface area contributed by atoms with Gasteiger partial charge in [0.25, 0.3) is 5.91 Å². The number of hydrogen-bond donors (Lipinski definition) is 2. The van der Waals surface area contributed by atoms with Gasteiger partial charge in [0, 0.05) is 17.7 Å². The molecule has 0 saturated carbocycles. The van der Waals surface area contributed by atoms with Crippen molar-refractivity contribution in [3.63, 3.8) is 0 Å². The Hall–Kier alpha value is -3.55. The molecule has 1 aliphatic rings. The molecule has 30 heavy (non-hydrogen) atoms. The number of carbonyl (C=O) groups excluding carboxylic acids is 3. The van der Waals surface area contributed by atoms with Gasteiger partial charge in [-0.3, -0.25) is 10.1 Å². The Morgan fingerprint density at radius 2 is 1.93 bits per heavy atom. The molecule has 2 aromatic rings. The summed E-state index contributed by atoms with van der Waals surface area (Å²) in [4.78, 5) is 36.3. The van der Waals surface area contributed by atoms with Crippen LogP contribution < -0.4 is 20.1 Å². The minimum atomic E-state index is -0.740. The third-order valence-corrected chi connectivity index (χ3v) is 4.63. The van der Waals surface area contributed by atoms with Crippen molar-refractivity contribution < 1.29 is 28.6 Å². The summed E-state index contributed by atoms with van der Waals surface area (Å²) < 4.78 is 16.0. The molecule has 158 valence electrons. The molecule has 0 unspecified atom stereocenters. The van der Waals surface area contributed by atoms with Crippen molar-refractivity contribution in [3.05, 3.63) is 52.6 Å². The van der Waals surface area contributed by atoms with E-state index in [4.69, 9.17) is 14.2 Å². The number of hydrogen-bond acceptors (Lipinski definition) is 6. The largest absolute Gasteiger partial charge is 0.493 e. The molecule has 1 aliphatic heterocycles. The van der Waals surface area contributed by atoms with Crippen molar-refractivity contribution in [1.82, 2.24) is 5.32 Å². The maximum atomic E-state index is 12.4. The number of methoxy groups -OCH3 is 1. The molecular weight excluding hydrogens is 388 g/mol. The second kappa shape index (κ2) is 8.86. The predicted molar refractivity (Wildman–Crippen MR) is 110 cm³/mol. The first-order valence-corrected chi connectivity index (χ1v) is 9.49. The van der Waals surface area contributed by atoms with E-state index in [0.29, 0.717) is 23.6 Å². The third kappa shape index (κ3) is 4.89. The van der Waals surface area contributed by atoms with Crippen LogP contribution in [-0.4, -0.2) is 37.7 Å². The zero-order valence-corrected chi connectivity index (χ0v) is 17.3. The average molecular weight is 412 g/mol. The average Bonchev–Trinajstić information content (AvgIpc) is 3.07. The summed E-state index contributed by atoms with van der Waals surface area (Å²) in [5.41, 5.74) is 3.60. The fourth-order valence-corrected chi connectivity index (χ4v) is 3.25. The zero-order valence-electron chi connectivity index (χ0n) is 17.3. The molecule has 0 spiro atoms. The summed E-state index contributed by atoms with van der Waals surface area (Å²) in [6, 6.07) is 7.98. The van der Waals surface area contributed by atoms with E-state index in [1.165, 1.54) is 13.2 Å². The first-order chi connectivity index (χ1) is 14.3. The lowest BCUT2D eigenvalue weighted by Crippen LogP contribution is -2.37. The summed E-state index contributed by atoms with van der Waals surface area (Å²) in [6.07, 6.45) is 0.632. The summed E-state index contributed by atoms with van der Waals surface area (Å²) in [7, 11) is 1.49. The normalized spacial score (nSPS) is 14.3. The van der Waals surface area contributed by atoms with Crippen molar-refractivity contribution in [2.24, 2.45) is 0 Å². The highest BCUT2D eigenvalue weighted by atomic mass is 16.5. The predicted octanol–water partition coefficient (Wildman–Crippen LogP) is 3.14. The van der Waals surface area contributed by atoms with E-state index in [1.54, 1.807) is 12.1 Å². The molecule has 0 fully saturated rings. The van der Waals surface area contributed by atoms with Crippen LogP contribution in [0.1, 0.15) is 34.0 Å². The molecular formula is C22H24N2O6. The quantitative estimate of drug-likeness (QED) is 0.732. The second-order valence-electron chi connectivity index (χ2n) is 7.20. The highest BCUT2D eigenvalue weighted by Crippen LogP contribution is 2.39. The molecule has 1 heterocycles. The number of nitrogens with one attached hydrogen (secondary N) is 2. The number of benzene rings is 2. The van der Waals surface area contributed by atoms with Crippen LogP contribution in [0, 0.1) is 13.8 Å². The molecule has 0 radical (unpaired) electrons. The van der Waals surface area contributed by atoms with Crippen molar-refractivity contribution in [2.75, 3.05) is 19.0 Å². The van der Waals surface area contributed by atoms with Crippen molar-refractivity contribution in [3.8, 4) is 11.5 Å². The number of anilines is 1. The van der Waals surface area contributed by atoms with Crippen LogP contribution in [0.4, 0.5) is 10.5 Å². The second-order valence-corrected chi connectivity index (χ2v) is 7.20. The Labute approximate surface area is 174 Å². The Morgan fingerprint density at radius 1 is 1.17 bits per heavy atom. The smallest absolute Gasteiger partial charge is 0.338 e. The van der Waals surface area contributed by atoms with E-state index >= 15 is 0 Å². The minimum absolute atomic E-state index is 0.0124. The van der Waals surface area contributed by atoms with Crippen molar-refractivity contribution in [1.29, 1.82) is 0 Å². The highest BCUT2D eigenvalue weighted by Gasteiger charge is 2.26. The van der Waals surface area contributed by atoms with Crippen LogP contribution in [0.3, 0.4) is 0 Å². The Kier molecular flexibility index (Phi) is 6.25. The number of aryl methyl sites for hydroxylation is 2. The van der Waals surface area contributed by atoms with E-state index < -0.39 is 24.5 Å². The fraction of sp³-hybridized carbons (Fsp3) is 0.318. The lowest BCUT2D eigenvalue weighted by molar-refractivity contribution is -0.123. The SMILES string of the molecule is COc1cc(C(=O)OCC(=O)NC(=O)Nc2ccc(C)cc2C)cc2c1O[C@@H](C)C2. The van der Waals surface area contributed by atoms with Gasteiger partial charge in [0.2, 0.25) is 0 Å². The minimum Gasteiger partial charge on any atom is -0.493 e. The van der Waals surface area contributed by atoms with Gasteiger partial charge in [-0.25, -0.2) is 9.59 Å². The van der Waals surface area contributed by atoms with Gasteiger partial charge in [-0.15, -0.1) is 0 Å². The molecule has 0 bridgehead atoms. The van der Waals surface area contributed by atoms with Crippen LogP contribution in [-0.2, 0) is 16.0 Å². The lowest BCUT2D eigenvalue weighted by atomic mass is 10.1. The number of amides is 3. The monoisotopic (exact) mass is 412 g/mol. The summed E-state index contributed by atoms with van der Waals surface area (Å²) >= 11 is 0. The topological polar surface area (TPSA) is 103 Å². The molecule has 3 amide bonds. The fourth-order valence-electron chi connectivity index (χ4n) is 3.25. The first kappa shape index (κ1) is 21.2. The van der Waals surface area contributed by atoms with Gasteiger partial charge in [-0.2, -0.15) is 0 Å². The first-order valence-electron chi connectivity index (χ1n) is 9.49. The van der Waals surface area contributed by atoms with E-state index in [9.17, 15) is 14.4 Å². The molecule has 2 aromatic carbocycles. The maximum absolute atomic E-state index is 12.4. The molecule has 1 atom stereocenters. The van der Waals surface area contributed by atoms with Gasteiger partial charge in [0.1, 0.15) is 6.10 Å². The van der Waals surface area contributed by atoms with Gasteiger partial charge >= 0.3 is 12.0 Å². The van der Waals surface area contributed by atoms with Crippen LogP contribution in [0.25, 0.3) is 0 Å². The molecule has 8 heteroatoms. The Bertz CT molecular complexity index is 1000. The van der Waals surface area contributed by atoms with Crippen molar-refractivity contribution >= 4 is 23.6 Å². The van der Waals surface area contributed by atoms with E-state index in [0.717, 1.165) is 16.7 Å². The summed E-state index contributed by atoms with van der Waals surface area (Å²) in [5.74, 6) is -0.389. The van der Waals surface area contributed by atoms with Crippen LogP contribution in [0.5, 0.6) is 11.5 Å². The van der Waals surface area contributed by atoms with Gasteiger partial charge in [0.05, 0.1) is 12.7 Å². The maximum Gasteiger partial charge on any atom is 0.338 e. The van der Waals surface area contributed by atoms with Gasteiger partial charge in [-0.05, 0) is 44.5 Å². The Balaban J connectivity index is 1.55. The molecule has 0 aliphatic carbocycles. The van der Waals surface area contributed by atoms with E-state index in [1.807, 2.05) is 32.9 Å². The number of esters is 1. The van der Waals surface area contributed by atoms with E-state index in [2.05, 4.69) is 10.6 Å². The van der Waals surface area contributed by atoms with Gasteiger partial charge < -0.3 is 19.5 Å². The number of fused-ring (bicyclic) bond motifs is 1.